The van der Waals surface area contributed by atoms with Gasteiger partial charge in [0.2, 0.25) is 0 Å². The molecule has 0 aliphatic rings. The van der Waals surface area contributed by atoms with E-state index in [0.717, 1.165) is 5.56 Å². The normalized spacial score (nSPS) is 10.1. The van der Waals surface area contributed by atoms with Crippen LogP contribution in [-0.2, 0) is 11.3 Å². The molecule has 2 rings (SSSR count). The predicted molar refractivity (Wildman–Crippen MR) is 71.5 cm³/mol. The van der Waals surface area contributed by atoms with Crippen LogP contribution >= 0.6 is 0 Å². The molecule has 0 bridgehead atoms. The highest BCUT2D eigenvalue weighted by Crippen LogP contribution is 2.27. The topological polar surface area (TPSA) is 89.1 Å². The fraction of sp³-hybridized carbons (Fsp3) is 0.308. The molecule has 2 aromatic rings. The van der Waals surface area contributed by atoms with Gasteiger partial charge < -0.3 is 14.8 Å². The molecule has 7 heteroatoms. The van der Waals surface area contributed by atoms with Crippen LogP contribution in [0.5, 0.6) is 11.5 Å². The van der Waals surface area contributed by atoms with Crippen molar-refractivity contribution in [3.8, 4) is 11.5 Å². The van der Waals surface area contributed by atoms with Gasteiger partial charge in [0, 0.05) is 0 Å². The van der Waals surface area contributed by atoms with Crippen LogP contribution in [0, 0.1) is 6.92 Å². The predicted octanol–water partition coefficient (Wildman–Crippen LogP) is 0.817. The van der Waals surface area contributed by atoms with Gasteiger partial charge in [0.05, 0.1) is 13.7 Å². The van der Waals surface area contributed by atoms with Crippen LogP contribution in [0.1, 0.15) is 11.4 Å². The van der Waals surface area contributed by atoms with Gasteiger partial charge in [-0.2, -0.15) is 5.10 Å². The Bertz CT molecular complexity index is 569. The zero-order valence-corrected chi connectivity index (χ0v) is 11.3. The number of nitrogens with one attached hydrogen (secondary N) is 2. The number of hydrogen-bond acceptors (Lipinski definition) is 5. The molecule has 0 saturated heterocycles. The number of aromatic amines is 1. The molecule has 2 N–H and O–H groups in total. The maximum atomic E-state index is 11.6. The van der Waals surface area contributed by atoms with E-state index in [4.69, 9.17) is 9.47 Å². The molecule has 1 aromatic carbocycles. The van der Waals surface area contributed by atoms with Crippen molar-refractivity contribution in [3.05, 3.63) is 35.9 Å². The summed E-state index contributed by atoms with van der Waals surface area (Å²) in [6, 6.07) is 5.52. The molecular formula is C13H16N4O3. The molecular weight excluding hydrogens is 260 g/mol. The Hall–Kier alpha value is -2.57. The molecule has 1 aromatic heterocycles. The molecule has 0 aliphatic carbocycles. The summed E-state index contributed by atoms with van der Waals surface area (Å²) >= 11 is 0. The van der Waals surface area contributed by atoms with Crippen molar-refractivity contribution in [1.82, 2.24) is 20.5 Å². The van der Waals surface area contributed by atoms with Crippen LogP contribution in [0.4, 0.5) is 0 Å². The number of carbonyl (C=O) groups is 1. The first kappa shape index (κ1) is 13.9. The summed E-state index contributed by atoms with van der Waals surface area (Å²) in [5.74, 6) is 1.48. The minimum Gasteiger partial charge on any atom is -0.493 e. The number of ether oxygens (including phenoxy) is 2. The van der Waals surface area contributed by atoms with Crippen LogP contribution < -0.4 is 14.8 Å². The van der Waals surface area contributed by atoms with Gasteiger partial charge in [-0.3, -0.25) is 9.89 Å². The number of rotatable bonds is 6. The lowest BCUT2D eigenvalue weighted by Crippen LogP contribution is -2.28. The van der Waals surface area contributed by atoms with Crippen LogP contribution in [0.3, 0.4) is 0 Å². The first-order valence-electron chi connectivity index (χ1n) is 6.07. The van der Waals surface area contributed by atoms with E-state index in [9.17, 15) is 4.79 Å². The van der Waals surface area contributed by atoms with Crippen molar-refractivity contribution < 1.29 is 14.3 Å². The highest BCUT2D eigenvalue weighted by molar-refractivity contribution is 5.77. The van der Waals surface area contributed by atoms with E-state index in [2.05, 4.69) is 20.5 Å². The summed E-state index contributed by atoms with van der Waals surface area (Å²) in [5, 5.41) is 9.01. The van der Waals surface area contributed by atoms with Gasteiger partial charge in [-0.1, -0.05) is 6.07 Å². The fourth-order valence-electron chi connectivity index (χ4n) is 1.59. The Morgan fingerprint density at radius 2 is 2.25 bits per heavy atom. The number of nitrogens with zero attached hydrogens (tertiary/aromatic N) is 2. The van der Waals surface area contributed by atoms with Gasteiger partial charge >= 0.3 is 0 Å². The standard InChI is InChI=1S/C13H16N4O3/c1-9-3-4-10(11(5-9)19-2)20-7-13(18)14-6-12-15-8-16-17-12/h3-5,8H,6-7H2,1-2H3,(H,14,18)(H,15,16,17). The van der Waals surface area contributed by atoms with E-state index in [-0.39, 0.29) is 19.1 Å². The van der Waals surface area contributed by atoms with Gasteiger partial charge in [-0.15, -0.1) is 0 Å². The van der Waals surface area contributed by atoms with Gasteiger partial charge in [0.15, 0.2) is 18.1 Å². The second-order valence-corrected chi connectivity index (χ2v) is 4.15. The molecule has 1 heterocycles. The van der Waals surface area contributed by atoms with Gasteiger partial charge in [-0.25, -0.2) is 4.98 Å². The van der Waals surface area contributed by atoms with Gasteiger partial charge in [0.25, 0.3) is 5.91 Å². The SMILES string of the molecule is COc1cc(C)ccc1OCC(=O)NCc1ncn[nH]1. The Morgan fingerprint density at radius 3 is 2.95 bits per heavy atom. The number of hydrogen-bond donors (Lipinski definition) is 2. The molecule has 106 valence electrons. The number of aryl methyl sites for hydroxylation is 1. The van der Waals surface area contributed by atoms with Gasteiger partial charge in [-0.05, 0) is 24.6 Å². The molecule has 0 unspecified atom stereocenters. The van der Waals surface area contributed by atoms with Crippen LogP contribution in [0.25, 0.3) is 0 Å². The molecule has 0 fully saturated rings. The maximum absolute atomic E-state index is 11.6. The average molecular weight is 276 g/mol. The van der Waals surface area contributed by atoms with Crippen molar-refractivity contribution in [2.45, 2.75) is 13.5 Å². The third-order valence-corrected chi connectivity index (χ3v) is 2.60. The number of H-pyrrole nitrogens is 1. The summed E-state index contributed by atoms with van der Waals surface area (Å²) in [5.41, 5.74) is 1.06. The molecule has 0 radical (unpaired) electrons. The summed E-state index contributed by atoms with van der Waals surface area (Å²) in [4.78, 5) is 15.5. The summed E-state index contributed by atoms with van der Waals surface area (Å²) in [7, 11) is 1.56. The summed E-state index contributed by atoms with van der Waals surface area (Å²) in [6.07, 6.45) is 1.38. The van der Waals surface area contributed by atoms with E-state index in [1.54, 1.807) is 13.2 Å². The molecule has 1 amide bonds. The van der Waals surface area contributed by atoms with E-state index < -0.39 is 0 Å². The third-order valence-electron chi connectivity index (χ3n) is 2.60. The van der Waals surface area contributed by atoms with Crippen LogP contribution in [0.15, 0.2) is 24.5 Å². The lowest BCUT2D eigenvalue weighted by Gasteiger charge is -2.11. The fourth-order valence-corrected chi connectivity index (χ4v) is 1.59. The molecule has 0 saturated carbocycles. The van der Waals surface area contributed by atoms with E-state index >= 15 is 0 Å². The Morgan fingerprint density at radius 1 is 1.40 bits per heavy atom. The van der Waals surface area contributed by atoms with Crippen molar-refractivity contribution in [1.29, 1.82) is 0 Å². The van der Waals surface area contributed by atoms with E-state index in [1.165, 1.54) is 6.33 Å². The molecule has 0 spiro atoms. The quantitative estimate of drug-likeness (QED) is 0.815. The van der Waals surface area contributed by atoms with Gasteiger partial charge in [0.1, 0.15) is 12.2 Å². The van der Waals surface area contributed by atoms with Crippen molar-refractivity contribution >= 4 is 5.91 Å². The van der Waals surface area contributed by atoms with Crippen LogP contribution in [-0.4, -0.2) is 34.8 Å². The lowest BCUT2D eigenvalue weighted by molar-refractivity contribution is -0.123. The highest BCUT2D eigenvalue weighted by atomic mass is 16.5. The Labute approximate surface area is 116 Å². The number of amides is 1. The van der Waals surface area contributed by atoms with E-state index in [1.807, 2.05) is 19.1 Å². The van der Waals surface area contributed by atoms with E-state index in [0.29, 0.717) is 17.3 Å². The first-order chi connectivity index (χ1) is 9.69. The third kappa shape index (κ3) is 3.71. The largest absolute Gasteiger partial charge is 0.493 e. The first-order valence-corrected chi connectivity index (χ1v) is 6.07. The zero-order valence-electron chi connectivity index (χ0n) is 11.3. The molecule has 20 heavy (non-hydrogen) atoms. The monoisotopic (exact) mass is 276 g/mol. The summed E-state index contributed by atoms with van der Waals surface area (Å²) in [6.45, 7) is 2.15. The van der Waals surface area contributed by atoms with Crippen molar-refractivity contribution in [2.24, 2.45) is 0 Å². The summed E-state index contributed by atoms with van der Waals surface area (Å²) < 4.78 is 10.6. The number of benzene rings is 1. The zero-order chi connectivity index (χ0) is 14.4. The van der Waals surface area contributed by atoms with Crippen LogP contribution in [0.2, 0.25) is 0 Å². The maximum Gasteiger partial charge on any atom is 0.258 e. The van der Waals surface area contributed by atoms with Crippen molar-refractivity contribution in [2.75, 3.05) is 13.7 Å². The molecule has 0 aliphatic heterocycles. The highest BCUT2D eigenvalue weighted by Gasteiger charge is 2.08. The second kappa shape index (κ2) is 6.55. The van der Waals surface area contributed by atoms with Crippen molar-refractivity contribution in [3.63, 3.8) is 0 Å². The number of carbonyl (C=O) groups excluding carboxylic acids is 1. The second-order valence-electron chi connectivity index (χ2n) is 4.15. The number of methoxy groups -OCH3 is 1. The molecule has 7 nitrogen and oxygen atoms in total. The average Bonchev–Trinajstić information content (AvgIpc) is 2.97. The number of aromatic nitrogens is 3. The smallest absolute Gasteiger partial charge is 0.258 e. The Kier molecular flexibility index (Phi) is 4.54. The molecule has 0 atom stereocenters. The lowest BCUT2D eigenvalue weighted by atomic mass is 10.2. The Balaban J connectivity index is 1.84. The minimum atomic E-state index is -0.246. The minimum absolute atomic E-state index is 0.0897.